The Morgan fingerprint density at radius 2 is 2.32 bits per heavy atom. The molecule has 3 rings (SSSR count). The number of carbonyl (C=O) groups excluding carboxylic acids is 1. The van der Waals surface area contributed by atoms with Crippen LogP contribution in [0.3, 0.4) is 0 Å². The molecular formula is C16H18FN3O2. The Balaban J connectivity index is 2.00. The van der Waals surface area contributed by atoms with Crippen LogP contribution in [0.5, 0.6) is 5.75 Å². The minimum Gasteiger partial charge on any atom is -0.475 e. The number of amides is 1. The van der Waals surface area contributed by atoms with Gasteiger partial charge >= 0.3 is 0 Å². The first-order chi connectivity index (χ1) is 10.5. The second kappa shape index (κ2) is 5.25. The Hall–Kier alpha value is -2.13. The van der Waals surface area contributed by atoms with Crippen LogP contribution in [0.4, 0.5) is 4.39 Å². The maximum absolute atomic E-state index is 13.9. The molecule has 1 aromatic rings. The lowest BCUT2D eigenvalue weighted by Crippen LogP contribution is -2.52. The van der Waals surface area contributed by atoms with E-state index in [-0.39, 0.29) is 24.9 Å². The molecule has 0 bridgehead atoms. The van der Waals surface area contributed by atoms with Gasteiger partial charge in [-0.15, -0.1) is 0 Å². The minimum atomic E-state index is -1.13. The van der Waals surface area contributed by atoms with Gasteiger partial charge in [-0.25, -0.2) is 15.9 Å². The average Bonchev–Trinajstić information content (AvgIpc) is 2.80. The van der Waals surface area contributed by atoms with Crippen molar-refractivity contribution in [1.82, 2.24) is 10.2 Å². The second-order valence-corrected chi connectivity index (χ2v) is 6.08. The molecule has 0 radical (unpaired) electrons. The summed E-state index contributed by atoms with van der Waals surface area (Å²) in [6.07, 6.45) is -0.114. The van der Waals surface area contributed by atoms with Gasteiger partial charge in [0.1, 0.15) is 11.6 Å². The lowest BCUT2D eigenvalue weighted by atomic mass is 10.0. The largest absolute Gasteiger partial charge is 0.475 e. The number of hydrogen-bond donors (Lipinski definition) is 1. The van der Waals surface area contributed by atoms with E-state index in [0.29, 0.717) is 17.9 Å². The summed E-state index contributed by atoms with van der Waals surface area (Å²) in [4.78, 5) is 18.1. The van der Waals surface area contributed by atoms with E-state index in [4.69, 9.17) is 11.3 Å². The molecule has 2 atom stereocenters. The molecule has 1 fully saturated rings. The summed E-state index contributed by atoms with van der Waals surface area (Å²) in [6, 6.07) is 4.72. The number of benzene rings is 1. The van der Waals surface area contributed by atoms with Gasteiger partial charge in [-0.1, -0.05) is 6.07 Å². The zero-order valence-corrected chi connectivity index (χ0v) is 12.6. The zero-order chi connectivity index (χ0) is 15.9. The number of fused-ring (bicyclic) bond motifs is 1. The third-order valence-electron chi connectivity index (χ3n) is 4.37. The van der Waals surface area contributed by atoms with E-state index < -0.39 is 17.6 Å². The first-order valence-corrected chi connectivity index (χ1v) is 7.34. The summed E-state index contributed by atoms with van der Waals surface area (Å²) >= 11 is 0. The van der Waals surface area contributed by atoms with Gasteiger partial charge in [0.05, 0.1) is 13.0 Å². The summed E-state index contributed by atoms with van der Waals surface area (Å²) < 4.78 is 19.9. The van der Waals surface area contributed by atoms with E-state index in [2.05, 4.69) is 10.2 Å². The first-order valence-electron chi connectivity index (χ1n) is 7.34. The highest BCUT2D eigenvalue weighted by Gasteiger charge is 2.56. The normalized spacial score (nSPS) is 28.0. The lowest BCUT2D eigenvalue weighted by Gasteiger charge is -2.27. The monoisotopic (exact) mass is 303 g/mol. The molecule has 1 spiro atoms. The minimum absolute atomic E-state index is 0.104. The number of nitrogens with zero attached hydrogens (tertiary/aromatic N) is 2. The standard InChI is InChI=1S/C16H18FN3O2/c1-10(2)20-9-16(7-14(20)18-3)15(21)19-8-11-12(17)5-4-6-13(11)22-16/h4-6,10,14H,7-9H2,1-2H3,(H,19,21)/t14-,16+/m0/s1. The van der Waals surface area contributed by atoms with Crippen molar-refractivity contribution in [2.24, 2.45) is 0 Å². The molecule has 0 unspecified atom stereocenters. The van der Waals surface area contributed by atoms with E-state index >= 15 is 0 Å². The number of nitrogens with one attached hydrogen (secondary N) is 1. The van der Waals surface area contributed by atoms with Crippen molar-refractivity contribution >= 4 is 5.91 Å². The smallest absolute Gasteiger partial charge is 0.284 e. The third-order valence-corrected chi connectivity index (χ3v) is 4.37. The van der Waals surface area contributed by atoms with Gasteiger partial charge in [0.25, 0.3) is 12.1 Å². The van der Waals surface area contributed by atoms with E-state index in [0.717, 1.165) is 0 Å². The molecular weight excluding hydrogens is 285 g/mol. The van der Waals surface area contributed by atoms with E-state index in [9.17, 15) is 9.18 Å². The average molecular weight is 303 g/mol. The van der Waals surface area contributed by atoms with Crippen molar-refractivity contribution in [2.45, 2.75) is 44.6 Å². The Bertz CT molecular complexity index is 655. The van der Waals surface area contributed by atoms with Crippen LogP contribution in [0.25, 0.3) is 4.85 Å². The van der Waals surface area contributed by atoms with Crippen LogP contribution in [-0.2, 0) is 11.3 Å². The van der Waals surface area contributed by atoms with Crippen LogP contribution in [0.15, 0.2) is 18.2 Å². The predicted octanol–water partition coefficient (Wildman–Crippen LogP) is 1.93. The number of ether oxygens (including phenoxy) is 1. The van der Waals surface area contributed by atoms with Gasteiger partial charge in [0, 0.05) is 18.2 Å². The van der Waals surface area contributed by atoms with Crippen molar-refractivity contribution in [1.29, 1.82) is 0 Å². The summed E-state index contributed by atoms with van der Waals surface area (Å²) in [6.45, 7) is 11.8. The molecule has 0 saturated carbocycles. The molecule has 1 N–H and O–H groups in total. The van der Waals surface area contributed by atoms with Gasteiger partial charge in [-0.05, 0) is 26.0 Å². The van der Waals surface area contributed by atoms with Crippen LogP contribution in [0, 0.1) is 12.4 Å². The molecule has 2 heterocycles. The molecule has 1 saturated heterocycles. The Morgan fingerprint density at radius 1 is 1.55 bits per heavy atom. The number of hydrogen-bond acceptors (Lipinski definition) is 3. The Kier molecular flexibility index (Phi) is 3.53. The number of halogens is 1. The molecule has 2 aliphatic heterocycles. The van der Waals surface area contributed by atoms with Crippen LogP contribution < -0.4 is 10.1 Å². The lowest BCUT2D eigenvalue weighted by molar-refractivity contribution is -0.135. The summed E-state index contributed by atoms with van der Waals surface area (Å²) in [5, 5.41) is 2.74. The maximum atomic E-state index is 13.9. The Morgan fingerprint density at radius 3 is 2.95 bits per heavy atom. The summed E-state index contributed by atoms with van der Waals surface area (Å²) in [5.74, 6) is -0.289. The van der Waals surface area contributed by atoms with Gasteiger partial charge < -0.3 is 10.1 Å². The molecule has 6 heteroatoms. The first kappa shape index (κ1) is 14.8. The quantitative estimate of drug-likeness (QED) is 0.807. The highest BCUT2D eigenvalue weighted by atomic mass is 19.1. The number of rotatable bonds is 1. The maximum Gasteiger partial charge on any atom is 0.284 e. The van der Waals surface area contributed by atoms with E-state index in [1.165, 1.54) is 6.07 Å². The van der Waals surface area contributed by atoms with Crippen molar-refractivity contribution in [3.05, 3.63) is 41.0 Å². The topological polar surface area (TPSA) is 45.9 Å². The van der Waals surface area contributed by atoms with Crippen molar-refractivity contribution in [3.8, 4) is 5.75 Å². The molecule has 5 nitrogen and oxygen atoms in total. The van der Waals surface area contributed by atoms with Crippen molar-refractivity contribution < 1.29 is 13.9 Å². The predicted molar refractivity (Wildman–Crippen MR) is 78.5 cm³/mol. The fourth-order valence-corrected chi connectivity index (χ4v) is 3.15. The molecule has 1 amide bonds. The third kappa shape index (κ3) is 2.22. The summed E-state index contributed by atoms with van der Waals surface area (Å²) in [5.41, 5.74) is -0.770. The SMILES string of the molecule is [C-]#[N+][C@@H]1C[C@]2(CN1C(C)C)Oc1cccc(F)c1CNC2=O. The Labute approximate surface area is 128 Å². The van der Waals surface area contributed by atoms with Gasteiger partial charge in [0.2, 0.25) is 5.60 Å². The highest BCUT2D eigenvalue weighted by Crippen LogP contribution is 2.37. The van der Waals surface area contributed by atoms with E-state index in [1.807, 2.05) is 18.7 Å². The molecule has 2 aliphatic rings. The number of likely N-dealkylation sites (tertiary alicyclic amines) is 1. The second-order valence-electron chi connectivity index (χ2n) is 6.08. The van der Waals surface area contributed by atoms with Crippen molar-refractivity contribution in [3.63, 3.8) is 0 Å². The van der Waals surface area contributed by atoms with Gasteiger partial charge in [0.15, 0.2) is 0 Å². The fourth-order valence-electron chi connectivity index (χ4n) is 3.15. The van der Waals surface area contributed by atoms with E-state index in [1.54, 1.807) is 12.1 Å². The molecule has 0 aliphatic carbocycles. The molecule has 1 aromatic carbocycles. The summed E-state index contributed by atoms with van der Waals surface area (Å²) in [7, 11) is 0. The fraction of sp³-hybridized carbons (Fsp3) is 0.500. The number of carbonyl (C=O) groups is 1. The van der Waals surface area contributed by atoms with Crippen LogP contribution >= 0.6 is 0 Å². The van der Waals surface area contributed by atoms with Crippen LogP contribution in [0.2, 0.25) is 0 Å². The van der Waals surface area contributed by atoms with Gasteiger partial charge in [-0.2, -0.15) is 0 Å². The molecule has 116 valence electrons. The van der Waals surface area contributed by atoms with Crippen LogP contribution in [0.1, 0.15) is 25.8 Å². The molecule has 0 aromatic heterocycles. The van der Waals surface area contributed by atoms with Crippen LogP contribution in [-0.4, -0.2) is 35.2 Å². The van der Waals surface area contributed by atoms with Gasteiger partial charge in [-0.3, -0.25) is 9.64 Å². The highest BCUT2D eigenvalue weighted by molar-refractivity contribution is 5.87. The molecule has 22 heavy (non-hydrogen) atoms. The zero-order valence-electron chi connectivity index (χ0n) is 12.6. The van der Waals surface area contributed by atoms with Crippen molar-refractivity contribution in [2.75, 3.05) is 6.54 Å².